The average molecular weight is 400 g/mol. The molecule has 5 heteroatoms. The van der Waals surface area contributed by atoms with E-state index < -0.39 is 0 Å². The van der Waals surface area contributed by atoms with E-state index in [0.717, 1.165) is 16.5 Å². The lowest BCUT2D eigenvalue weighted by Crippen LogP contribution is -2.19. The van der Waals surface area contributed by atoms with Crippen molar-refractivity contribution in [1.82, 2.24) is 0 Å². The van der Waals surface area contributed by atoms with E-state index in [1.54, 1.807) is 0 Å². The molecule has 0 spiro atoms. The number of aryl methyl sites for hydroxylation is 1. The second kappa shape index (κ2) is 6.54. The van der Waals surface area contributed by atoms with E-state index in [9.17, 15) is 4.79 Å². The minimum absolute atomic E-state index is 0.0740. The summed E-state index contributed by atoms with van der Waals surface area (Å²) in [7, 11) is 0. The van der Waals surface area contributed by atoms with E-state index in [4.69, 9.17) is 14.0 Å². The molecule has 0 radical (unpaired) electrons. The van der Waals surface area contributed by atoms with Crippen molar-refractivity contribution in [2.24, 2.45) is 0 Å². The zero-order valence-corrected chi connectivity index (χ0v) is 14.8. The van der Waals surface area contributed by atoms with Crippen LogP contribution in [0.2, 0.25) is 0 Å². The Morgan fingerprint density at radius 2 is 1.71 bits per heavy atom. The van der Waals surface area contributed by atoms with Crippen LogP contribution in [-0.2, 0) is 15.0 Å². The first kappa shape index (κ1) is 17.6. The Labute approximate surface area is 136 Å². The van der Waals surface area contributed by atoms with Gasteiger partial charge in [-0.15, -0.1) is 0 Å². The van der Waals surface area contributed by atoms with Crippen LogP contribution in [0.25, 0.3) is 11.0 Å². The minimum Gasteiger partial charge on any atom is -0.463 e. The number of benzene rings is 1. The third kappa shape index (κ3) is 3.60. The first-order chi connectivity index (χ1) is 9.65. The molecule has 0 bridgehead atoms. The van der Waals surface area contributed by atoms with Crippen LogP contribution in [0.15, 0.2) is 21.5 Å². The van der Waals surface area contributed by atoms with Gasteiger partial charge in [-0.05, 0) is 64.6 Å². The van der Waals surface area contributed by atoms with Gasteiger partial charge in [0.15, 0.2) is 0 Å². The van der Waals surface area contributed by atoms with E-state index in [-0.39, 0.29) is 17.0 Å². The smallest absolute Gasteiger partial charge is 0.373 e. The number of hydrogen-bond donors (Lipinski definition) is 0. The molecule has 0 atom stereocenters. The summed E-state index contributed by atoms with van der Waals surface area (Å²) in [6, 6.07) is 1.96. The Morgan fingerprint density at radius 1 is 1.19 bits per heavy atom. The zero-order valence-electron chi connectivity index (χ0n) is 12.7. The number of halogens is 1. The quantitative estimate of drug-likeness (QED) is 0.633. The first-order valence-corrected chi connectivity index (χ1v) is 7.44. The van der Waals surface area contributed by atoms with Gasteiger partial charge in [0.2, 0.25) is 5.43 Å². The summed E-state index contributed by atoms with van der Waals surface area (Å²) in [5.41, 5.74) is 4.14. The molecule has 0 saturated carbocycles. The minimum atomic E-state index is -0.0759. The summed E-state index contributed by atoms with van der Waals surface area (Å²) in [6.07, 6.45) is 1.78. The van der Waals surface area contributed by atoms with Crippen LogP contribution in [0.3, 0.4) is 0 Å². The average Bonchev–Trinajstić information content (AvgIpc) is 2.36. The van der Waals surface area contributed by atoms with Gasteiger partial charge in [-0.3, -0.25) is 4.79 Å². The topological polar surface area (TPSA) is 64.3 Å². The lowest BCUT2D eigenvalue weighted by Gasteiger charge is -2.24. The molecule has 2 aromatic rings. The van der Waals surface area contributed by atoms with Crippen molar-refractivity contribution in [2.45, 2.75) is 40.0 Å². The predicted octanol–water partition coefficient (Wildman–Crippen LogP) is 3.73. The van der Waals surface area contributed by atoms with E-state index in [2.05, 4.69) is 34.6 Å². The van der Waals surface area contributed by atoms with Gasteiger partial charge in [0, 0.05) is 0 Å². The third-order valence-corrected chi connectivity index (χ3v) is 4.04. The maximum atomic E-state index is 12.4. The summed E-state index contributed by atoms with van der Waals surface area (Å²) in [6.45, 7) is 10.5. The molecule has 0 aliphatic heterocycles. The highest BCUT2D eigenvalue weighted by Crippen LogP contribution is 2.33. The van der Waals surface area contributed by atoms with Crippen LogP contribution >= 0.6 is 22.6 Å². The molecular formula is C16H17IO4. The Hall–Kier alpha value is -1.46. The molecule has 4 nitrogen and oxygen atoms in total. The molecule has 112 valence electrons. The first-order valence-electron chi connectivity index (χ1n) is 6.36. The third-order valence-electron chi connectivity index (χ3n) is 3.29. The maximum absolute atomic E-state index is 12.4. The summed E-state index contributed by atoms with van der Waals surface area (Å²) in [4.78, 5) is 28.6. The predicted molar refractivity (Wildman–Crippen MR) is 88.4 cm³/mol. The molecule has 0 amide bonds. The van der Waals surface area contributed by atoms with Crippen LogP contribution in [0.4, 0.5) is 0 Å². The molecular weight excluding hydrogens is 383 g/mol. The van der Waals surface area contributed by atoms with Gasteiger partial charge in [-0.25, -0.2) is 0 Å². The number of fused-ring (bicyclic) bond motifs is 1. The SMILES string of the molecule is Cc1cc2occ(I)c(=O)c2c(C(C)(C)C)c1C.O=C=O. The van der Waals surface area contributed by atoms with Gasteiger partial charge in [-0.2, -0.15) is 9.59 Å². The van der Waals surface area contributed by atoms with Gasteiger partial charge in [0.25, 0.3) is 0 Å². The fourth-order valence-electron chi connectivity index (χ4n) is 2.43. The summed E-state index contributed by atoms with van der Waals surface area (Å²) in [5.74, 6) is 0. The molecule has 0 unspecified atom stereocenters. The fraction of sp³-hybridized carbons (Fsp3) is 0.375. The largest absolute Gasteiger partial charge is 0.463 e. The molecule has 0 fully saturated rings. The normalized spacial score (nSPS) is 10.8. The lowest BCUT2D eigenvalue weighted by atomic mass is 9.80. The van der Waals surface area contributed by atoms with Crippen molar-refractivity contribution < 1.29 is 14.0 Å². The van der Waals surface area contributed by atoms with Crippen molar-refractivity contribution in [3.63, 3.8) is 0 Å². The molecule has 0 saturated heterocycles. The zero-order chi connectivity index (χ0) is 16.4. The second-order valence-corrected chi connectivity index (χ2v) is 6.97. The maximum Gasteiger partial charge on any atom is 0.373 e. The summed E-state index contributed by atoms with van der Waals surface area (Å²) >= 11 is 2.03. The Morgan fingerprint density at radius 3 is 2.19 bits per heavy atom. The van der Waals surface area contributed by atoms with Crippen molar-refractivity contribution in [3.05, 3.63) is 42.8 Å². The number of carbonyl (C=O) groups excluding carboxylic acids is 2. The standard InChI is InChI=1S/C15H17IO2.CO2/c1-8-6-11-12(14(17)10(16)7-18-11)13(9(8)2)15(3,4)5;2-1-3/h6-7H,1-5H3;. The fourth-order valence-corrected chi connectivity index (χ4v) is 2.83. The van der Waals surface area contributed by atoms with Crippen molar-refractivity contribution >= 4 is 39.7 Å². The van der Waals surface area contributed by atoms with Crippen LogP contribution < -0.4 is 5.43 Å². The monoisotopic (exact) mass is 400 g/mol. The van der Waals surface area contributed by atoms with Gasteiger partial charge < -0.3 is 4.42 Å². The highest BCUT2D eigenvalue weighted by atomic mass is 127. The Kier molecular flexibility index (Phi) is 5.48. The highest BCUT2D eigenvalue weighted by molar-refractivity contribution is 14.1. The Balaban J connectivity index is 0.000000677. The summed E-state index contributed by atoms with van der Waals surface area (Å²) < 4.78 is 6.22. The molecule has 1 heterocycles. The van der Waals surface area contributed by atoms with Gasteiger partial charge >= 0.3 is 6.15 Å². The molecule has 1 aromatic carbocycles. The van der Waals surface area contributed by atoms with Crippen LogP contribution in [-0.4, -0.2) is 6.15 Å². The van der Waals surface area contributed by atoms with E-state index >= 15 is 0 Å². The summed E-state index contributed by atoms with van der Waals surface area (Å²) in [5, 5.41) is 0.734. The van der Waals surface area contributed by atoms with Crippen LogP contribution in [0.1, 0.15) is 37.5 Å². The Bertz CT molecular complexity index is 760. The van der Waals surface area contributed by atoms with Gasteiger partial charge in [0.05, 0.1) is 8.96 Å². The van der Waals surface area contributed by atoms with E-state index in [1.807, 2.05) is 28.7 Å². The second-order valence-electron chi connectivity index (χ2n) is 5.81. The van der Waals surface area contributed by atoms with Crippen LogP contribution in [0, 0.1) is 17.4 Å². The molecule has 1 aromatic heterocycles. The highest BCUT2D eigenvalue weighted by Gasteiger charge is 2.23. The molecule has 2 rings (SSSR count). The van der Waals surface area contributed by atoms with Crippen LogP contribution in [0.5, 0.6) is 0 Å². The molecule has 0 aliphatic carbocycles. The molecule has 0 aliphatic rings. The number of rotatable bonds is 0. The van der Waals surface area contributed by atoms with E-state index in [1.165, 1.54) is 11.8 Å². The van der Waals surface area contributed by atoms with Crippen molar-refractivity contribution in [1.29, 1.82) is 0 Å². The van der Waals surface area contributed by atoms with Gasteiger partial charge in [-0.1, -0.05) is 20.8 Å². The van der Waals surface area contributed by atoms with Crippen molar-refractivity contribution in [3.8, 4) is 0 Å². The van der Waals surface area contributed by atoms with Crippen molar-refractivity contribution in [2.75, 3.05) is 0 Å². The molecule has 21 heavy (non-hydrogen) atoms. The van der Waals surface area contributed by atoms with Gasteiger partial charge in [0.1, 0.15) is 11.8 Å². The van der Waals surface area contributed by atoms with E-state index in [0.29, 0.717) is 9.15 Å². The number of hydrogen-bond acceptors (Lipinski definition) is 4. The lowest BCUT2D eigenvalue weighted by molar-refractivity contribution is -0.191. The molecule has 0 N–H and O–H groups in total.